The molecule has 1 unspecified atom stereocenters. The molecule has 0 saturated heterocycles. The summed E-state index contributed by atoms with van der Waals surface area (Å²) in [6.07, 6.45) is 0. The third-order valence-corrected chi connectivity index (χ3v) is 4.01. The summed E-state index contributed by atoms with van der Waals surface area (Å²) in [5.41, 5.74) is 7.25. The first kappa shape index (κ1) is 15.6. The molecular formula is C17H15ClFN3O. The number of aromatic nitrogens is 2. The van der Waals surface area contributed by atoms with E-state index >= 15 is 0 Å². The molecule has 6 heteroatoms. The highest BCUT2D eigenvalue weighted by molar-refractivity contribution is 6.35. The van der Waals surface area contributed by atoms with Gasteiger partial charge < -0.3 is 5.73 Å². The van der Waals surface area contributed by atoms with Gasteiger partial charge in [0.1, 0.15) is 11.6 Å². The van der Waals surface area contributed by atoms with E-state index < -0.39 is 11.9 Å². The van der Waals surface area contributed by atoms with Crippen LogP contribution in [0.4, 0.5) is 4.39 Å². The van der Waals surface area contributed by atoms with Gasteiger partial charge in [-0.2, -0.15) is 0 Å². The van der Waals surface area contributed by atoms with Gasteiger partial charge in [0.25, 0.3) is 5.56 Å². The Hall–Kier alpha value is -2.24. The molecule has 118 valence electrons. The van der Waals surface area contributed by atoms with Gasteiger partial charge in [0, 0.05) is 0 Å². The van der Waals surface area contributed by atoms with Crippen LogP contribution in [0.2, 0.25) is 5.02 Å². The second kappa shape index (κ2) is 5.76. The lowest BCUT2D eigenvalue weighted by atomic mass is 10.1. The maximum Gasteiger partial charge on any atom is 0.267 e. The first-order valence-electron chi connectivity index (χ1n) is 7.13. The minimum atomic E-state index is -0.506. The Labute approximate surface area is 137 Å². The van der Waals surface area contributed by atoms with Crippen LogP contribution in [0, 0.1) is 12.7 Å². The zero-order chi connectivity index (χ0) is 16.7. The van der Waals surface area contributed by atoms with Crippen molar-refractivity contribution in [2.45, 2.75) is 19.9 Å². The average Bonchev–Trinajstić information content (AvgIpc) is 2.49. The van der Waals surface area contributed by atoms with Gasteiger partial charge in [0.15, 0.2) is 0 Å². The molecule has 0 saturated carbocycles. The molecule has 4 nitrogen and oxygen atoms in total. The number of rotatable bonds is 2. The zero-order valence-corrected chi connectivity index (χ0v) is 13.4. The summed E-state index contributed by atoms with van der Waals surface area (Å²) < 4.78 is 15.0. The Kier molecular flexibility index (Phi) is 3.92. The van der Waals surface area contributed by atoms with Crippen molar-refractivity contribution in [3.05, 3.63) is 69.0 Å². The van der Waals surface area contributed by atoms with E-state index in [0.717, 1.165) is 5.56 Å². The summed E-state index contributed by atoms with van der Waals surface area (Å²) in [4.78, 5) is 17.5. The zero-order valence-electron chi connectivity index (χ0n) is 12.7. The summed E-state index contributed by atoms with van der Waals surface area (Å²) in [5, 5.41) is 0.598. The quantitative estimate of drug-likeness (QED) is 0.781. The van der Waals surface area contributed by atoms with Crippen LogP contribution in [0.3, 0.4) is 0 Å². The van der Waals surface area contributed by atoms with E-state index in [1.807, 2.05) is 0 Å². The van der Waals surface area contributed by atoms with Crippen LogP contribution < -0.4 is 11.3 Å². The second-order valence-electron chi connectivity index (χ2n) is 5.46. The Bertz CT molecular complexity index is 966. The predicted molar refractivity (Wildman–Crippen MR) is 89.6 cm³/mol. The first-order valence-corrected chi connectivity index (χ1v) is 7.51. The van der Waals surface area contributed by atoms with Crippen LogP contribution in [0.15, 0.2) is 41.2 Å². The summed E-state index contributed by atoms with van der Waals surface area (Å²) in [5.74, 6) is -0.0779. The summed E-state index contributed by atoms with van der Waals surface area (Å²) >= 11 is 6.17. The normalized spacial score (nSPS) is 12.6. The molecule has 3 aromatic rings. The van der Waals surface area contributed by atoms with Crippen molar-refractivity contribution in [2.75, 3.05) is 0 Å². The SMILES string of the molecule is Cc1ccc(F)cc1-n1c(C(C)N)nc2cccc(Cl)c2c1=O. The van der Waals surface area contributed by atoms with Crippen LogP contribution in [-0.4, -0.2) is 9.55 Å². The number of nitrogens with two attached hydrogens (primary N) is 1. The largest absolute Gasteiger partial charge is 0.322 e. The van der Waals surface area contributed by atoms with Crippen molar-refractivity contribution in [1.82, 2.24) is 9.55 Å². The Morgan fingerprint density at radius 3 is 2.74 bits per heavy atom. The molecular weight excluding hydrogens is 317 g/mol. The summed E-state index contributed by atoms with van der Waals surface area (Å²) in [7, 11) is 0. The second-order valence-corrected chi connectivity index (χ2v) is 5.87. The highest BCUT2D eigenvalue weighted by atomic mass is 35.5. The smallest absolute Gasteiger partial charge is 0.267 e. The van der Waals surface area contributed by atoms with Crippen molar-refractivity contribution < 1.29 is 4.39 Å². The molecule has 2 N–H and O–H groups in total. The van der Waals surface area contributed by atoms with E-state index in [9.17, 15) is 9.18 Å². The monoisotopic (exact) mass is 331 g/mol. The van der Waals surface area contributed by atoms with Crippen molar-refractivity contribution in [3.63, 3.8) is 0 Å². The van der Waals surface area contributed by atoms with Crippen molar-refractivity contribution in [1.29, 1.82) is 0 Å². The molecule has 0 aliphatic heterocycles. The maximum atomic E-state index is 13.7. The number of halogens is 2. The van der Waals surface area contributed by atoms with E-state index in [1.165, 1.54) is 16.7 Å². The maximum absolute atomic E-state index is 13.7. The molecule has 2 aromatic carbocycles. The molecule has 0 amide bonds. The fourth-order valence-electron chi connectivity index (χ4n) is 2.57. The highest BCUT2D eigenvalue weighted by Crippen LogP contribution is 2.23. The van der Waals surface area contributed by atoms with E-state index in [0.29, 0.717) is 27.4 Å². The molecule has 3 rings (SSSR count). The first-order chi connectivity index (χ1) is 10.9. The van der Waals surface area contributed by atoms with Crippen molar-refractivity contribution >= 4 is 22.5 Å². The van der Waals surface area contributed by atoms with Gasteiger partial charge >= 0.3 is 0 Å². The average molecular weight is 332 g/mol. The Morgan fingerprint density at radius 1 is 1.30 bits per heavy atom. The number of hydrogen-bond acceptors (Lipinski definition) is 3. The van der Waals surface area contributed by atoms with E-state index in [2.05, 4.69) is 4.98 Å². The van der Waals surface area contributed by atoms with Crippen LogP contribution in [0.25, 0.3) is 16.6 Å². The van der Waals surface area contributed by atoms with Gasteiger partial charge in [-0.15, -0.1) is 0 Å². The minimum Gasteiger partial charge on any atom is -0.322 e. The molecule has 1 heterocycles. The number of fused-ring (bicyclic) bond motifs is 1. The standard InChI is InChI=1S/C17H15ClFN3O/c1-9-6-7-11(19)8-14(9)22-16(10(2)20)21-13-5-3-4-12(18)15(13)17(22)23/h3-8,10H,20H2,1-2H3. The molecule has 1 atom stereocenters. The summed E-state index contributed by atoms with van der Waals surface area (Å²) in [6.45, 7) is 3.52. The van der Waals surface area contributed by atoms with Crippen LogP contribution >= 0.6 is 11.6 Å². The Balaban J connectivity index is 2.50. The number of nitrogens with zero attached hydrogens (tertiary/aromatic N) is 2. The van der Waals surface area contributed by atoms with Crippen LogP contribution in [0.1, 0.15) is 24.4 Å². The lowest BCUT2D eigenvalue weighted by molar-refractivity contribution is 0.623. The van der Waals surface area contributed by atoms with E-state index in [1.54, 1.807) is 38.1 Å². The topological polar surface area (TPSA) is 60.9 Å². The van der Waals surface area contributed by atoms with Crippen LogP contribution in [0.5, 0.6) is 0 Å². The minimum absolute atomic E-state index is 0.294. The van der Waals surface area contributed by atoms with Gasteiger partial charge in [0.05, 0.1) is 27.7 Å². The molecule has 0 aliphatic carbocycles. The van der Waals surface area contributed by atoms with Gasteiger partial charge in [-0.3, -0.25) is 9.36 Å². The lowest BCUT2D eigenvalue weighted by Gasteiger charge is -2.18. The van der Waals surface area contributed by atoms with E-state index in [-0.39, 0.29) is 5.56 Å². The molecule has 0 fully saturated rings. The number of benzene rings is 2. The number of hydrogen-bond donors (Lipinski definition) is 1. The van der Waals surface area contributed by atoms with Gasteiger partial charge in [-0.1, -0.05) is 23.7 Å². The molecule has 0 bridgehead atoms. The molecule has 0 aliphatic rings. The highest BCUT2D eigenvalue weighted by Gasteiger charge is 2.18. The predicted octanol–water partition coefficient (Wildman–Crippen LogP) is 3.51. The third kappa shape index (κ3) is 2.62. The van der Waals surface area contributed by atoms with Crippen molar-refractivity contribution in [2.24, 2.45) is 5.73 Å². The fourth-order valence-corrected chi connectivity index (χ4v) is 2.82. The molecule has 23 heavy (non-hydrogen) atoms. The van der Waals surface area contributed by atoms with Crippen molar-refractivity contribution in [3.8, 4) is 5.69 Å². The van der Waals surface area contributed by atoms with E-state index in [4.69, 9.17) is 17.3 Å². The fraction of sp³-hybridized carbons (Fsp3) is 0.176. The van der Waals surface area contributed by atoms with Gasteiger partial charge in [0.2, 0.25) is 0 Å². The number of aryl methyl sites for hydroxylation is 1. The van der Waals surface area contributed by atoms with Gasteiger partial charge in [-0.05, 0) is 43.7 Å². The summed E-state index contributed by atoms with van der Waals surface area (Å²) in [6, 6.07) is 8.80. The lowest BCUT2D eigenvalue weighted by Crippen LogP contribution is -2.28. The third-order valence-electron chi connectivity index (χ3n) is 3.69. The molecule has 0 spiro atoms. The van der Waals surface area contributed by atoms with Crippen LogP contribution in [-0.2, 0) is 0 Å². The Morgan fingerprint density at radius 2 is 2.04 bits per heavy atom. The molecule has 1 aromatic heterocycles. The van der Waals surface area contributed by atoms with Gasteiger partial charge in [-0.25, -0.2) is 9.37 Å². The molecule has 0 radical (unpaired) electrons.